The van der Waals surface area contributed by atoms with Gasteiger partial charge in [-0.15, -0.1) is 0 Å². The molecule has 1 aliphatic heterocycles. The van der Waals surface area contributed by atoms with Crippen LogP contribution in [0.25, 0.3) is 21.9 Å². The number of piperazine rings is 1. The van der Waals surface area contributed by atoms with Gasteiger partial charge in [-0.05, 0) is 54.1 Å². The molecule has 2 heterocycles. The molecule has 0 saturated carbocycles. The Hall–Kier alpha value is -3.35. The van der Waals surface area contributed by atoms with Crippen molar-refractivity contribution in [1.82, 2.24) is 9.80 Å². The van der Waals surface area contributed by atoms with Gasteiger partial charge in [0, 0.05) is 39.3 Å². The number of hydrogen-bond acceptors (Lipinski definition) is 6. The maximum Gasteiger partial charge on any atom is 0.200 e. The summed E-state index contributed by atoms with van der Waals surface area (Å²) in [6, 6.07) is 21.1. The van der Waals surface area contributed by atoms with Crippen molar-refractivity contribution in [1.29, 1.82) is 0 Å². The Morgan fingerprint density at radius 3 is 2.30 bits per heavy atom. The minimum Gasteiger partial charge on any atom is -0.497 e. The highest BCUT2D eigenvalue weighted by molar-refractivity contribution is 5.89. The first-order valence-electron chi connectivity index (χ1n) is 11.4. The van der Waals surface area contributed by atoms with Crippen LogP contribution in [0.5, 0.6) is 11.5 Å². The zero-order valence-corrected chi connectivity index (χ0v) is 18.8. The van der Waals surface area contributed by atoms with E-state index in [2.05, 4.69) is 15.9 Å². The predicted molar refractivity (Wildman–Crippen MR) is 130 cm³/mol. The normalized spacial score (nSPS) is 15.2. The predicted octanol–water partition coefficient (Wildman–Crippen LogP) is 4.15. The van der Waals surface area contributed by atoms with Crippen LogP contribution in [0.1, 0.15) is 5.56 Å². The lowest BCUT2D eigenvalue weighted by Gasteiger charge is -2.34. The summed E-state index contributed by atoms with van der Waals surface area (Å²) in [5, 5.41) is 1.29. The van der Waals surface area contributed by atoms with Crippen molar-refractivity contribution in [3.63, 3.8) is 0 Å². The number of hydrogen-bond donors (Lipinski definition) is 0. The monoisotopic (exact) mass is 444 g/mol. The number of benzene rings is 3. The van der Waals surface area contributed by atoms with Gasteiger partial charge in [-0.25, -0.2) is 0 Å². The van der Waals surface area contributed by atoms with Crippen LogP contribution in [0.3, 0.4) is 0 Å². The van der Waals surface area contributed by atoms with E-state index in [1.807, 2.05) is 60.7 Å². The van der Waals surface area contributed by atoms with Crippen molar-refractivity contribution >= 4 is 21.9 Å². The third-order valence-electron chi connectivity index (χ3n) is 6.25. The van der Waals surface area contributed by atoms with E-state index in [-0.39, 0.29) is 5.43 Å². The second kappa shape index (κ2) is 9.65. The number of ether oxygens (including phenoxy) is 2. The molecule has 0 radical (unpaired) electrons. The van der Waals surface area contributed by atoms with Crippen molar-refractivity contribution in [3.05, 3.63) is 82.5 Å². The van der Waals surface area contributed by atoms with Crippen molar-refractivity contribution in [3.8, 4) is 11.5 Å². The van der Waals surface area contributed by atoms with Gasteiger partial charge in [-0.3, -0.25) is 14.6 Å². The number of para-hydroxylation sites is 1. The van der Waals surface area contributed by atoms with Gasteiger partial charge in [0.15, 0.2) is 0 Å². The van der Waals surface area contributed by atoms with Crippen LogP contribution in [-0.2, 0) is 6.54 Å². The van der Waals surface area contributed by atoms with Crippen LogP contribution in [-0.4, -0.2) is 56.2 Å². The molecule has 0 unspecified atom stereocenters. The van der Waals surface area contributed by atoms with E-state index in [0.29, 0.717) is 28.5 Å². The standard InChI is InChI=1S/C27H28N2O4/c1-31-21-7-9-22(10-8-21)32-17-16-28-12-14-29(15-13-28)19-20-6-11-26-24(18-20)27(30)23-4-2-3-5-25(23)33-26/h2-11,18H,12-17,19H2,1H3. The maximum absolute atomic E-state index is 12.9. The largest absolute Gasteiger partial charge is 0.497 e. The Morgan fingerprint density at radius 1 is 0.818 bits per heavy atom. The molecule has 0 amide bonds. The highest BCUT2D eigenvalue weighted by atomic mass is 16.5. The lowest BCUT2D eigenvalue weighted by Crippen LogP contribution is -2.47. The fourth-order valence-electron chi connectivity index (χ4n) is 4.34. The average Bonchev–Trinajstić information content (AvgIpc) is 2.86. The first kappa shape index (κ1) is 21.5. The quantitative estimate of drug-likeness (QED) is 0.399. The number of rotatable bonds is 7. The van der Waals surface area contributed by atoms with Gasteiger partial charge >= 0.3 is 0 Å². The van der Waals surface area contributed by atoms with E-state index < -0.39 is 0 Å². The molecule has 0 aliphatic carbocycles. The molecular weight excluding hydrogens is 416 g/mol. The molecule has 0 N–H and O–H groups in total. The van der Waals surface area contributed by atoms with Crippen molar-refractivity contribution in [2.24, 2.45) is 0 Å². The van der Waals surface area contributed by atoms with Crippen LogP contribution in [0, 0.1) is 0 Å². The molecule has 3 aromatic carbocycles. The van der Waals surface area contributed by atoms with Crippen LogP contribution in [0.4, 0.5) is 0 Å². The molecule has 4 aromatic rings. The summed E-state index contributed by atoms with van der Waals surface area (Å²) in [4.78, 5) is 17.8. The topological polar surface area (TPSA) is 55.2 Å². The summed E-state index contributed by atoms with van der Waals surface area (Å²) >= 11 is 0. The highest BCUT2D eigenvalue weighted by Gasteiger charge is 2.17. The molecular formula is C27H28N2O4. The summed E-state index contributed by atoms with van der Waals surface area (Å²) in [5.74, 6) is 1.70. The average molecular weight is 445 g/mol. The molecule has 1 saturated heterocycles. The Kier molecular flexibility index (Phi) is 6.28. The molecule has 6 nitrogen and oxygen atoms in total. The van der Waals surface area contributed by atoms with E-state index in [1.165, 1.54) is 0 Å². The SMILES string of the molecule is COc1ccc(OCCN2CCN(Cc3ccc4oc5ccccc5c(=O)c4c3)CC2)cc1. The van der Waals surface area contributed by atoms with Crippen LogP contribution in [0.15, 0.2) is 75.9 Å². The maximum atomic E-state index is 12.9. The van der Waals surface area contributed by atoms with Crippen LogP contribution < -0.4 is 14.9 Å². The van der Waals surface area contributed by atoms with Gasteiger partial charge in [0.2, 0.25) is 5.43 Å². The van der Waals surface area contributed by atoms with Crippen molar-refractivity contribution in [2.45, 2.75) is 6.54 Å². The summed E-state index contributed by atoms with van der Waals surface area (Å²) < 4.78 is 17.0. The van der Waals surface area contributed by atoms with E-state index in [4.69, 9.17) is 13.9 Å². The van der Waals surface area contributed by atoms with Gasteiger partial charge < -0.3 is 13.9 Å². The Morgan fingerprint density at radius 2 is 1.52 bits per heavy atom. The molecule has 1 aliphatic rings. The third-order valence-corrected chi connectivity index (χ3v) is 6.25. The number of fused-ring (bicyclic) bond motifs is 2. The second-order valence-electron chi connectivity index (χ2n) is 8.40. The molecule has 1 aromatic heterocycles. The molecule has 0 atom stereocenters. The number of methoxy groups -OCH3 is 1. The Bertz CT molecular complexity index is 1290. The second-order valence-corrected chi connectivity index (χ2v) is 8.40. The lowest BCUT2D eigenvalue weighted by atomic mass is 10.1. The molecule has 0 spiro atoms. The first-order chi connectivity index (χ1) is 16.2. The van der Waals surface area contributed by atoms with Gasteiger partial charge in [0.05, 0.1) is 17.9 Å². The van der Waals surface area contributed by atoms with Crippen LogP contribution in [0.2, 0.25) is 0 Å². The fraction of sp³-hybridized carbons (Fsp3) is 0.296. The van der Waals surface area contributed by atoms with Gasteiger partial charge in [-0.2, -0.15) is 0 Å². The Balaban J connectivity index is 1.15. The molecule has 5 rings (SSSR count). The zero-order chi connectivity index (χ0) is 22.6. The molecule has 1 fully saturated rings. The van der Waals surface area contributed by atoms with E-state index in [9.17, 15) is 4.79 Å². The lowest BCUT2D eigenvalue weighted by molar-refractivity contribution is 0.112. The minimum atomic E-state index is 0.0374. The van der Waals surface area contributed by atoms with E-state index in [1.54, 1.807) is 7.11 Å². The minimum absolute atomic E-state index is 0.0374. The highest BCUT2D eigenvalue weighted by Crippen LogP contribution is 2.21. The fourth-order valence-corrected chi connectivity index (χ4v) is 4.34. The van der Waals surface area contributed by atoms with E-state index >= 15 is 0 Å². The summed E-state index contributed by atoms with van der Waals surface area (Å²) in [5.41, 5.74) is 2.45. The van der Waals surface area contributed by atoms with Gasteiger partial charge in [-0.1, -0.05) is 18.2 Å². The zero-order valence-electron chi connectivity index (χ0n) is 18.8. The number of nitrogens with zero attached hydrogens (tertiary/aromatic N) is 2. The molecule has 0 bridgehead atoms. The smallest absolute Gasteiger partial charge is 0.200 e. The van der Waals surface area contributed by atoms with Gasteiger partial charge in [0.25, 0.3) is 0 Å². The molecule has 33 heavy (non-hydrogen) atoms. The summed E-state index contributed by atoms with van der Waals surface area (Å²) in [7, 11) is 1.66. The van der Waals surface area contributed by atoms with Gasteiger partial charge in [0.1, 0.15) is 29.3 Å². The first-order valence-corrected chi connectivity index (χ1v) is 11.4. The Labute approximate surface area is 192 Å². The van der Waals surface area contributed by atoms with Crippen LogP contribution >= 0.6 is 0 Å². The molecule has 170 valence electrons. The third kappa shape index (κ3) is 4.87. The van der Waals surface area contributed by atoms with E-state index in [0.717, 1.165) is 56.3 Å². The summed E-state index contributed by atoms with van der Waals surface area (Å²) in [6.07, 6.45) is 0. The van der Waals surface area contributed by atoms with Crippen molar-refractivity contribution in [2.75, 3.05) is 46.4 Å². The van der Waals surface area contributed by atoms with Crippen molar-refractivity contribution < 1.29 is 13.9 Å². The summed E-state index contributed by atoms with van der Waals surface area (Å²) in [6.45, 7) is 6.40. The molecule has 6 heteroatoms.